The smallest absolute Gasteiger partial charge is 0.225 e. The number of fused-ring (bicyclic) bond motifs is 1. The van der Waals surface area contributed by atoms with Gasteiger partial charge in [0.15, 0.2) is 5.78 Å². The normalized spacial score (nSPS) is 18.2. The van der Waals surface area contributed by atoms with Crippen molar-refractivity contribution in [2.75, 3.05) is 31.1 Å². The third-order valence-corrected chi connectivity index (χ3v) is 7.61. The molecule has 4 aromatic rings. The third-order valence-electron chi connectivity index (χ3n) is 7.61. The number of Topliss-reactive ketones (excluding diaryl/α,β-unsaturated/α-hetero) is 1. The lowest BCUT2D eigenvalue weighted by Crippen LogP contribution is -2.48. The Morgan fingerprint density at radius 3 is 2.00 bits per heavy atom. The van der Waals surface area contributed by atoms with E-state index in [0.29, 0.717) is 12.0 Å². The molecule has 6 rings (SSSR count). The second-order valence-corrected chi connectivity index (χ2v) is 10.1. The van der Waals surface area contributed by atoms with Gasteiger partial charge in [0.25, 0.3) is 0 Å². The maximum Gasteiger partial charge on any atom is 0.225 e. The van der Waals surface area contributed by atoms with Crippen molar-refractivity contribution in [3.63, 3.8) is 0 Å². The van der Waals surface area contributed by atoms with Gasteiger partial charge in [-0.3, -0.25) is 9.69 Å². The monoisotopic (exact) mass is 500 g/mol. The van der Waals surface area contributed by atoms with Gasteiger partial charge >= 0.3 is 0 Å². The molecule has 1 aliphatic carbocycles. The number of benzene rings is 3. The minimum Gasteiger partial charge on any atom is -0.338 e. The Morgan fingerprint density at radius 1 is 0.763 bits per heavy atom. The van der Waals surface area contributed by atoms with Crippen LogP contribution in [0.2, 0.25) is 0 Å². The lowest BCUT2D eigenvalue weighted by molar-refractivity contribution is 0.0957. The molecule has 5 heteroatoms. The van der Waals surface area contributed by atoms with Gasteiger partial charge in [-0.2, -0.15) is 0 Å². The molecule has 38 heavy (non-hydrogen) atoms. The molecule has 1 aromatic heterocycles. The Labute approximate surface area is 224 Å². The second kappa shape index (κ2) is 11.1. The van der Waals surface area contributed by atoms with Crippen LogP contribution in [0.15, 0.2) is 103 Å². The molecule has 1 atom stereocenters. The molecule has 3 aromatic carbocycles. The van der Waals surface area contributed by atoms with E-state index in [1.807, 2.05) is 18.2 Å². The fourth-order valence-electron chi connectivity index (χ4n) is 5.63. The van der Waals surface area contributed by atoms with Crippen LogP contribution >= 0.6 is 0 Å². The molecule has 2 aliphatic rings. The average molecular weight is 501 g/mol. The van der Waals surface area contributed by atoms with Crippen LogP contribution in [0.25, 0.3) is 6.08 Å². The summed E-state index contributed by atoms with van der Waals surface area (Å²) in [6.07, 6.45) is 7.30. The number of carbonyl (C=O) groups excluding carboxylic acids is 1. The van der Waals surface area contributed by atoms with E-state index in [-0.39, 0.29) is 17.7 Å². The van der Waals surface area contributed by atoms with Gasteiger partial charge < -0.3 is 4.90 Å². The lowest BCUT2D eigenvalue weighted by atomic mass is 9.86. The van der Waals surface area contributed by atoms with Gasteiger partial charge in [-0.1, -0.05) is 103 Å². The van der Waals surface area contributed by atoms with Crippen LogP contribution in [0, 0.1) is 5.92 Å². The highest BCUT2D eigenvalue weighted by Crippen LogP contribution is 2.31. The standard InChI is InChI=1S/C33H32N4O/c38-31-23-26(17-16-25-10-4-1-5-11-25)22-30-29(31)24-34-33(35-30)37-20-18-36(19-21-37)32(27-12-6-2-7-13-27)28-14-8-3-9-15-28/h1-17,24,26,32H,18-23H2/b17-16+/t26-/m0/s1. The van der Waals surface area contributed by atoms with Gasteiger partial charge in [0.1, 0.15) is 0 Å². The molecule has 0 radical (unpaired) electrons. The minimum atomic E-state index is 0.138. The molecule has 1 saturated heterocycles. The predicted octanol–water partition coefficient (Wildman–Crippen LogP) is 5.85. The second-order valence-electron chi connectivity index (χ2n) is 10.1. The van der Waals surface area contributed by atoms with E-state index in [2.05, 4.69) is 99.7 Å². The van der Waals surface area contributed by atoms with E-state index in [9.17, 15) is 4.79 Å². The Morgan fingerprint density at radius 2 is 1.37 bits per heavy atom. The molecule has 0 bridgehead atoms. The van der Waals surface area contributed by atoms with Gasteiger partial charge in [0, 0.05) is 38.8 Å². The molecule has 2 heterocycles. The molecule has 0 saturated carbocycles. The van der Waals surface area contributed by atoms with Crippen molar-refractivity contribution in [3.8, 4) is 0 Å². The van der Waals surface area contributed by atoms with E-state index >= 15 is 0 Å². The maximum atomic E-state index is 12.8. The zero-order valence-electron chi connectivity index (χ0n) is 21.5. The fourth-order valence-corrected chi connectivity index (χ4v) is 5.63. The van der Waals surface area contributed by atoms with E-state index in [4.69, 9.17) is 4.98 Å². The number of aromatic nitrogens is 2. The molecule has 0 unspecified atom stereocenters. The highest BCUT2D eigenvalue weighted by Gasteiger charge is 2.29. The number of hydrogen-bond donors (Lipinski definition) is 0. The van der Waals surface area contributed by atoms with Crippen molar-refractivity contribution in [3.05, 3.63) is 131 Å². The third kappa shape index (κ3) is 5.29. The average Bonchev–Trinajstić information content (AvgIpc) is 2.98. The number of hydrogen-bond acceptors (Lipinski definition) is 5. The van der Waals surface area contributed by atoms with Gasteiger partial charge in [-0.05, 0) is 29.0 Å². The fraction of sp³-hybridized carbons (Fsp3) is 0.242. The Bertz CT molecular complexity index is 1360. The van der Waals surface area contributed by atoms with Gasteiger partial charge in [0.2, 0.25) is 5.95 Å². The number of anilines is 1. The van der Waals surface area contributed by atoms with Crippen LogP contribution in [-0.4, -0.2) is 46.8 Å². The summed E-state index contributed by atoms with van der Waals surface area (Å²) in [7, 11) is 0. The quantitative estimate of drug-likeness (QED) is 0.333. The van der Waals surface area contributed by atoms with Crippen molar-refractivity contribution >= 4 is 17.8 Å². The Hall–Kier alpha value is -4.09. The summed E-state index contributed by atoms with van der Waals surface area (Å²) in [5, 5.41) is 0. The molecule has 1 fully saturated rings. The molecule has 0 amide bonds. The van der Waals surface area contributed by atoms with Crippen molar-refractivity contribution in [1.82, 2.24) is 14.9 Å². The summed E-state index contributed by atoms with van der Waals surface area (Å²) in [5.41, 5.74) is 5.33. The lowest BCUT2D eigenvalue weighted by Gasteiger charge is -2.40. The van der Waals surface area contributed by atoms with E-state index < -0.39 is 0 Å². The number of carbonyl (C=O) groups is 1. The van der Waals surface area contributed by atoms with Crippen molar-refractivity contribution in [2.24, 2.45) is 5.92 Å². The van der Waals surface area contributed by atoms with Gasteiger partial charge in [0.05, 0.1) is 17.3 Å². The van der Waals surface area contributed by atoms with Crippen LogP contribution in [0.4, 0.5) is 5.95 Å². The van der Waals surface area contributed by atoms with Crippen molar-refractivity contribution < 1.29 is 4.79 Å². The van der Waals surface area contributed by atoms with Gasteiger partial charge in [-0.15, -0.1) is 0 Å². The molecule has 0 spiro atoms. The van der Waals surface area contributed by atoms with Crippen LogP contribution in [0.1, 0.15) is 45.2 Å². The van der Waals surface area contributed by atoms with Crippen LogP contribution in [-0.2, 0) is 6.42 Å². The van der Waals surface area contributed by atoms with E-state index in [1.54, 1.807) is 6.20 Å². The summed E-state index contributed by atoms with van der Waals surface area (Å²) in [6.45, 7) is 3.52. The Kier molecular flexibility index (Phi) is 7.10. The molecule has 0 N–H and O–H groups in total. The van der Waals surface area contributed by atoms with Crippen LogP contribution in [0.3, 0.4) is 0 Å². The number of rotatable bonds is 6. The van der Waals surface area contributed by atoms with Crippen LogP contribution in [0.5, 0.6) is 0 Å². The summed E-state index contributed by atoms with van der Waals surface area (Å²) < 4.78 is 0. The van der Waals surface area contributed by atoms with Crippen molar-refractivity contribution in [1.29, 1.82) is 0 Å². The Balaban J connectivity index is 1.16. The number of ketones is 1. The topological polar surface area (TPSA) is 49.3 Å². The molecule has 5 nitrogen and oxygen atoms in total. The largest absolute Gasteiger partial charge is 0.338 e. The van der Waals surface area contributed by atoms with Crippen LogP contribution < -0.4 is 4.90 Å². The minimum absolute atomic E-state index is 0.138. The number of nitrogens with zero attached hydrogens (tertiary/aromatic N) is 4. The summed E-state index contributed by atoms with van der Waals surface area (Å²) in [4.78, 5) is 27.2. The molecule has 190 valence electrons. The highest BCUT2D eigenvalue weighted by molar-refractivity contribution is 5.98. The summed E-state index contributed by atoms with van der Waals surface area (Å²) in [5.74, 6) is 1.03. The summed E-state index contributed by atoms with van der Waals surface area (Å²) >= 11 is 0. The summed E-state index contributed by atoms with van der Waals surface area (Å²) in [6, 6.07) is 31.9. The first-order chi connectivity index (χ1) is 18.7. The first-order valence-electron chi connectivity index (χ1n) is 13.5. The molecular weight excluding hydrogens is 468 g/mol. The first-order valence-corrected chi connectivity index (χ1v) is 13.5. The maximum absolute atomic E-state index is 12.8. The zero-order valence-corrected chi connectivity index (χ0v) is 21.5. The van der Waals surface area contributed by atoms with Gasteiger partial charge in [-0.25, -0.2) is 9.97 Å². The predicted molar refractivity (Wildman–Crippen MR) is 152 cm³/mol. The first kappa shape index (κ1) is 24.3. The SMILES string of the molecule is O=C1C[C@@H](/C=C/c2ccccc2)Cc2nc(N3CCN(C(c4ccccc4)c4ccccc4)CC3)ncc21. The highest BCUT2D eigenvalue weighted by atomic mass is 16.1. The number of allylic oxidation sites excluding steroid dienone is 1. The zero-order chi connectivity index (χ0) is 25.7. The van der Waals surface area contributed by atoms with Crippen molar-refractivity contribution in [2.45, 2.75) is 18.9 Å². The number of piperazine rings is 1. The van der Waals surface area contributed by atoms with E-state index in [0.717, 1.165) is 49.8 Å². The molecular formula is C33H32N4O. The molecule has 1 aliphatic heterocycles. The van der Waals surface area contributed by atoms with E-state index in [1.165, 1.54) is 11.1 Å².